The molecular formula is C46H81ClN4O16S. The SMILES string of the molecule is CC(C)(C)OC(=O)C[C@@H]1CC[C@@H](C(=O)OS(C)(=O)=O)OC1.CC(C)(C)OC(=O)C[C@@H]1CC[C@@H](CC#N)OC1.CC(C)(C)OC(=O)C[C@@H]1CC[C@@H](CC(N)=O)OC1.Cl.NC(=O)C[C@@H]1CC[C@@H](N)CO1. The molecule has 6 N–H and O–H groups in total. The van der Waals surface area contributed by atoms with Gasteiger partial charge in [0, 0.05) is 6.04 Å². The minimum absolute atomic E-state index is 0. The fraction of sp³-hybridized carbons (Fsp3) is 0.848. The lowest BCUT2D eigenvalue weighted by molar-refractivity contribution is -0.160. The molecule has 4 rings (SSSR count). The van der Waals surface area contributed by atoms with Crippen LogP contribution >= 0.6 is 12.4 Å². The Morgan fingerprint density at radius 3 is 1.19 bits per heavy atom. The Kier molecular flexibility index (Phi) is 29.2. The smallest absolute Gasteiger partial charge is 0.350 e. The number of nitrogens with zero attached hydrogens (tertiary/aromatic N) is 1. The molecule has 4 heterocycles. The fourth-order valence-electron chi connectivity index (χ4n) is 7.12. The van der Waals surface area contributed by atoms with Gasteiger partial charge in [-0.2, -0.15) is 13.7 Å². The first-order valence-corrected chi connectivity index (χ1v) is 24.9. The summed E-state index contributed by atoms with van der Waals surface area (Å²) in [7, 11) is -3.83. The summed E-state index contributed by atoms with van der Waals surface area (Å²) in [6, 6.07) is 2.25. The molecule has 0 aliphatic carbocycles. The monoisotopic (exact) mass is 1010 g/mol. The third kappa shape index (κ3) is 33.8. The van der Waals surface area contributed by atoms with E-state index >= 15 is 0 Å². The third-order valence-electron chi connectivity index (χ3n) is 10.0. The average molecular weight is 1010 g/mol. The number of amides is 2. The molecule has 2 amide bonds. The summed E-state index contributed by atoms with van der Waals surface area (Å²) < 4.78 is 63.4. The number of halogens is 1. The van der Waals surface area contributed by atoms with Gasteiger partial charge in [-0.05, 0) is 131 Å². The summed E-state index contributed by atoms with van der Waals surface area (Å²) in [6.07, 6.45) is 8.04. The quantitative estimate of drug-likeness (QED) is 0.129. The van der Waals surface area contributed by atoms with Crippen LogP contribution in [0, 0.1) is 29.1 Å². The summed E-state index contributed by atoms with van der Waals surface area (Å²) in [5, 5.41) is 8.55. The predicted octanol–water partition coefficient (Wildman–Crippen LogP) is 4.62. The maximum Gasteiger partial charge on any atom is 0.350 e. The molecule has 0 bridgehead atoms. The van der Waals surface area contributed by atoms with Crippen molar-refractivity contribution >= 4 is 58.2 Å². The van der Waals surface area contributed by atoms with E-state index in [2.05, 4.69) is 10.3 Å². The van der Waals surface area contributed by atoms with Crippen molar-refractivity contribution < 1.29 is 74.5 Å². The van der Waals surface area contributed by atoms with Crippen molar-refractivity contribution in [2.75, 3.05) is 32.7 Å². The van der Waals surface area contributed by atoms with E-state index in [0.717, 1.165) is 44.8 Å². The Hall–Kier alpha value is -3.65. The molecule has 20 nitrogen and oxygen atoms in total. The van der Waals surface area contributed by atoms with E-state index in [1.54, 1.807) is 20.8 Å². The van der Waals surface area contributed by atoms with E-state index in [9.17, 15) is 37.2 Å². The van der Waals surface area contributed by atoms with Crippen LogP contribution in [0.25, 0.3) is 0 Å². The molecule has 22 heteroatoms. The van der Waals surface area contributed by atoms with Gasteiger partial charge in [-0.25, -0.2) is 4.79 Å². The van der Waals surface area contributed by atoms with Gasteiger partial charge in [0.25, 0.3) is 0 Å². The topological polar surface area (TPSA) is 312 Å². The van der Waals surface area contributed by atoms with E-state index < -0.39 is 39.0 Å². The van der Waals surface area contributed by atoms with Crippen LogP contribution in [-0.2, 0) is 76.2 Å². The number of ether oxygens (including phenoxy) is 7. The number of esters is 3. The van der Waals surface area contributed by atoms with Crippen molar-refractivity contribution in [3.05, 3.63) is 0 Å². The third-order valence-corrected chi connectivity index (χ3v) is 10.5. The van der Waals surface area contributed by atoms with E-state index in [1.807, 2.05) is 41.5 Å². The number of nitrogens with two attached hydrogens (primary N) is 3. The predicted molar refractivity (Wildman–Crippen MR) is 252 cm³/mol. The highest BCUT2D eigenvalue weighted by molar-refractivity contribution is 7.86. The highest BCUT2D eigenvalue weighted by Gasteiger charge is 2.33. The number of rotatable bonds is 13. The lowest BCUT2D eigenvalue weighted by atomic mass is 9.94. The Balaban J connectivity index is 0.000000893. The molecule has 0 spiro atoms. The molecule has 0 aromatic heterocycles. The van der Waals surface area contributed by atoms with Crippen LogP contribution in [0.1, 0.15) is 152 Å². The van der Waals surface area contributed by atoms with Gasteiger partial charge in [-0.15, -0.1) is 12.4 Å². The van der Waals surface area contributed by atoms with Gasteiger partial charge in [0.2, 0.25) is 11.8 Å². The molecule has 0 radical (unpaired) electrons. The van der Waals surface area contributed by atoms with E-state index in [1.165, 1.54) is 0 Å². The fourth-order valence-corrected chi connectivity index (χ4v) is 7.52. The summed E-state index contributed by atoms with van der Waals surface area (Å²) in [5.74, 6) is -1.84. The molecule has 0 aromatic carbocycles. The number of hydrogen-bond donors (Lipinski definition) is 3. The minimum atomic E-state index is -3.83. The van der Waals surface area contributed by atoms with E-state index in [4.69, 9.17) is 55.6 Å². The van der Waals surface area contributed by atoms with Crippen LogP contribution < -0.4 is 17.2 Å². The number of nitriles is 1. The lowest BCUT2D eigenvalue weighted by Gasteiger charge is -2.29. The first kappa shape index (κ1) is 64.3. The normalized spacial score (nSPS) is 25.1. The molecule has 4 aliphatic rings. The van der Waals surface area contributed by atoms with Crippen LogP contribution in [0.5, 0.6) is 0 Å². The Bertz CT molecular complexity index is 1710. The molecule has 8 atom stereocenters. The maximum atomic E-state index is 11.7. The number of carbonyl (C=O) groups excluding carboxylic acids is 6. The highest BCUT2D eigenvalue weighted by Crippen LogP contribution is 2.27. The minimum Gasteiger partial charge on any atom is -0.460 e. The van der Waals surface area contributed by atoms with Gasteiger partial charge in [-0.3, -0.25) is 24.0 Å². The zero-order valence-electron chi connectivity index (χ0n) is 41.9. The number of primary amides is 2. The van der Waals surface area contributed by atoms with Crippen LogP contribution in [-0.4, -0.2) is 124 Å². The van der Waals surface area contributed by atoms with Gasteiger partial charge in [0.15, 0.2) is 6.10 Å². The first-order chi connectivity index (χ1) is 30.8. The van der Waals surface area contributed by atoms with Crippen LogP contribution in [0.3, 0.4) is 0 Å². The summed E-state index contributed by atoms with van der Waals surface area (Å²) in [4.78, 5) is 67.6. The average Bonchev–Trinajstić information content (AvgIpc) is 3.15. The molecule has 394 valence electrons. The zero-order chi connectivity index (χ0) is 51.2. The van der Waals surface area contributed by atoms with Crippen molar-refractivity contribution in [2.24, 2.45) is 35.0 Å². The summed E-state index contributed by atoms with van der Waals surface area (Å²) >= 11 is 0. The first-order valence-electron chi connectivity index (χ1n) is 23.1. The van der Waals surface area contributed by atoms with Crippen molar-refractivity contribution in [3.8, 4) is 6.07 Å². The second-order valence-corrected chi connectivity index (χ2v) is 22.1. The van der Waals surface area contributed by atoms with Crippen LogP contribution in [0.4, 0.5) is 0 Å². The van der Waals surface area contributed by atoms with Gasteiger partial charge >= 0.3 is 34.0 Å². The van der Waals surface area contributed by atoms with Crippen molar-refractivity contribution in [2.45, 2.75) is 199 Å². The molecule has 4 saturated heterocycles. The van der Waals surface area contributed by atoms with Crippen molar-refractivity contribution in [1.82, 2.24) is 0 Å². The van der Waals surface area contributed by atoms with Gasteiger partial charge in [-0.1, -0.05) is 0 Å². The Labute approximate surface area is 409 Å². The number of carbonyl (C=O) groups is 6. The van der Waals surface area contributed by atoms with E-state index in [0.29, 0.717) is 58.3 Å². The molecule has 4 fully saturated rings. The molecular weight excluding hydrogens is 932 g/mol. The van der Waals surface area contributed by atoms with Crippen molar-refractivity contribution in [3.63, 3.8) is 0 Å². The van der Waals surface area contributed by atoms with Crippen molar-refractivity contribution in [1.29, 1.82) is 5.26 Å². The lowest BCUT2D eigenvalue weighted by Crippen LogP contribution is -2.37. The summed E-state index contributed by atoms with van der Waals surface area (Å²) in [6.45, 7) is 18.3. The highest BCUT2D eigenvalue weighted by atomic mass is 35.5. The zero-order valence-corrected chi connectivity index (χ0v) is 43.5. The molecule has 0 saturated carbocycles. The number of hydrogen-bond acceptors (Lipinski definition) is 18. The van der Waals surface area contributed by atoms with Gasteiger partial charge in [0.05, 0.1) is 95.6 Å². The van der Waals surface area contributed by atoms with Crippen LogP contribution in [0.15, 0.2) is 0 Å². The van der Waals surface area contributed by atoms with E-state index in [-0.39, 0.29) is 104 Å². The van der Waals surface area contributed by atoms with Crippen LogP contribution in [0.2, 0.25) is 0 Å². The second kappa shape index (κ2) is 30.8. The molecule has 4 aliphatic heterocycles. The summed E-state index contributed by atoms with van der Waals surface area (Å²) in [5.41, 5.74) is 14.3. The Morgan fingerprint density at radius 1 is 0.559 bits per heavy atom. The maximum absolute atomic E-state index is 11.7. The largest absolute Gasteiger partial charge is 0.460 e. The molecule has 0 unspecified atom stereocenters. The molecule has 68 heavy (non-hydrogen) atoms. The molecule has 0 aromatic rings. The van der Waals surface area contributed by atoms with Gasteiger partial charge < -0.3 is 54.5 Å². The Morgan fingerprint density at radius 2 is 0.912 bits per heavy atom. The van der Waals surface area contributed by atoms with Gasteiger partial charge in [0.1, 0.15) is 16.8 Å². The standard InChI is InChI=1S/C13H23NO4.C13H21NO3.C13H22O7S.C7H14N2O2.ClH/c1-13(2,3)18-12(16)6-9-4-5-10(17-8-9)7-11(14)15;1-13(2,3)17-12(15)8-10-4-5-11(6-7-14)16-9-10;1-13(2,3)19-11(14)7-9-5-6-10(18-8-9)12(15)20-21(4,16)17;8-5-1-2-6(11-4-5)3-7(9)10;/h9-10H,4-8H2,1-3H3,(H2,14,15);10-11H,4-6,8-9H2,1-3H3;9-10H,5-8H2,1-4H3;5-6H,1-4,8H2,(H2,9,10);1H/t9-,10-;10-,11-;9-,10-;5-,6+;/m0001./s1. The second-order valence-electron chi connectivity index (χ2n) is 20.5.